The molecule has 0 radical (unpaired) electrons. The van der Waals surface area contributed by atoms with Crippen molar-refractivity contribution in [3.8, 4) is 0 Å². The van der Waals surface area contributed by atoms with Crippen molar-refractivity contribution >= 4 is 47.8 Å². The Bertz CT molecular complexity index is 2750. The Hall–Kier alpha value is -7.20. The highest BCUT2D eigenvalue weighted by molar-refractivity contribution is 5.92. The summed E-state index contributed by atoms with van der Waals surface area (Å²) in [6.07, 6.45) is -12.1. The molecule has 2 unspecified atom stereocenters. The van der Waals surface area contributed by atoms with Gasteiger partial charge in [0.15, 0.2) is 18.0 Å². The van der Waals surface area contributed by atoms with Crippen LogP contribution in [0.15, 0.2) is 103 Å². The van der Waals surface area contributed by atoms with Gasteiger partial charge < -0.3 is 63.8 Å². The Morgan fingerprint density at radius 2 is 1.45 bits per heavy atom. The van der Waals surface area contributed by atoms with Gasteiger partial charge in [0.2, 0.25) is 6.10 Å². The number of rotatable bonds is 16. The van der Waals surface area contributed by atoms with E-state index in [1.165, 1.54) is 31.2 Å². The number of esters is 5. The molecule has 21 heteroatoms. The van der Waals surface area contributed by atoms with E-state index in [0.29, 0.717) is 0 Å². The second kappa shape index (κ2) is 23.4. The fourth-order valence-electron chi connectivity index (χ4n) is 11.5. The Kier molecular flexibility index (Phi) is 17.6. The van der Waals surface area contributed by atoms with Gasteiger partial charge in [0, 0.05) is 32.2 Å². The van der Waals surface area contributed by atoms with Gasteiger partial charge in [-0.05, 0) is 68.9 Å². The Morgan fingerprint density at radius 3 is 2.05 bits per heavy atom. The quantitative estimate of drug-likeness (QED) is 0.0723. The first-order valence-electron chi connectivity index (χ1n) is 25.6. The van der Waals surface area contributed by atoms with Crippen LogP contribution in [0.4, 0.5) is 9.59 Å². The number of aliphatic hydroxyl groups excluding tert-OH is 2. The van der Waals surface area contributed by atoms with Crippen molar-refractivity contribution in [3.05, 3.63) is 119 Å². The highest BCUT2D eigenvalue weighted by atomic mass is 16.6. The van der Waals surface area contributed by atoms with Gasteiger partial charge in [-0.3, -0.25) is 14.4 Å². The lowest BCUT2D eigenvalue weighted by atomic mass is 9.52. The van der Waals surface area contributed by atoms with Crippen LogP contribution in [0.25, 0.3) is 0 Å². The van der Waals surface area contributed by atoms with Crippen molar-refractivity contribution in [1.29, 1.82) is 0 Å². The molecule has 3 aliphatic carbocycles. The summed E-state index contributed by atoms with van der Waals surface area (Å²) in [5.74, 6) is -9.57. The summed E-state index contributed by atoms with van der Waals surface area (Å²) in [5, 5.41) is 43.5. The number of hydrogen-bond donors (Lipinski definition) is 5. The minimum Gasteiger partial charge on any atom is -0.455 e. The second-order valence-electron chi connectivity index (χ2n) is 22.0. The summed E-state index contributed by atoms with van der Waals surface area (Å²) >= 11 is 0. The SMILES string of the molecule is CC(=O)O[C@@]12COC1C[C@H](O)[C@@]1(C)C(=O)[C@H](O)C3C(C)(C)C=C(C)[C@@H](OC(=O)[C@H](OC(=O)COC(=O)CCNC(=O)OCc4ccccc4)[C@@H](NC(=O)OC(C)(C)C)c4ccccc4)C[C@@]3(O)[C@@H](OC(=O)c3ccccc3)[C@@H]12. The molecular formula is C57H68N2O19. The molecule has 3 aromatic rings. The predicted molar refractivity (Wildman–Crippen MR) is 272 cm³/mol. The van der Waals surface area contributed by atoms with Crippen LogP contribution >= 0.6 is 0 Å². The molecule has 0 spiro atoms. The number of Topliss-reactive ketones (excluding diaryl/α,β-unsaturated/α-hetero) is 1. The van der Waals surface area contributed by atoms with E-state index in [2.05, 4.69) is 10.6 Å². The predicted octanol–water partition coefficient (Wildman–Crippen LogP) is 4.92. The zero-order valence-corrected chi connectivity index (χ0v) is 44.8. The summed E-state index contributed by atoms with van der Waals surface area (Å²) < 4.78 is 46.3. The van der Waals surface area contributed by atoms with Crippen molar-refractivity contribution < 1.29 is 91.6 Å². The summed E-state index contributed by atoms with van der Waals surface area (Å²) in [6, 6.07) is 22.8. The average molecular weight is 1090 g/mol. The molecule has 78 heavy (non-hydrogen) atoms. The Balaban J connectivity index is 1.24. The summed E-state index contributed by atoms with van der Waals surface area (Å²) in [7, 11) is 0. The molecule has 2 saturated carbocycles. The highest BCUT2D eigenvalue weighted by Gasteiger charge is 2.78. The molecule has 21 nitrogen and oxygen atoms in total. The number of hydrogen-bond acceptors (Lipinski definition) is 19. The number of ketones is 1. The monoisotopic (exact) mass is 1080 g/mol. The van der Waals surface area contributed by atoms with Crippen molar-refractivity contribution in [2.24, 2.45) is 22.7 Å². The summed E-state index contributed by atoms with van der Waals surface area (Å²) in [6.45, 7) is 10.3. The first-order chi connectivity index (χ1) is 36.7. The highest BCUT2D eigenvalue weighted by Crippen LogP contribution is 2.63. The normalized spacial score (nSPS) is 28.7. The number of ether oxygens (including phenoxy) is 8. The van der Waals surface area contributed by atoms with Crippen LogP contribution in [0.1, 0.15) is 102 Å². The molecule has 1 saturated heterocycles. The summed E-state index contributed by atoms with van der Waals surface area (Å²) in [4.78, 5) is 110. The molecule has 3 fully saturated rings. The molecule has 1 heterocycles. The first-order valence-corrected chi connectivity index (χ1v) is 25.6. The smallest absolute Gasteiger partial charge is 0.408 e. The molecule has 3 aromatic carbocycles. The van der Waals surface area contributed by atoms with Crippen molar-refractivity contribution in [1.82, 2.24) is 10.6 Å². The van der Waals surface area contributed by atoms with Crippen LogP contribution < -0.4 is 10.6 Å². The van der Waals surface area contributed by atoms with Gasteiger partial charge in [-0.25, -0.2) is 24.0 Å². The molecule has 1 aliphatic heterocycles. The zero-order chi connectivity index (χ0) is 57.0. The standard InChI is InChI=1S/C57H68N2O19/c1-32-27-54(6,7)45-43(64)47(65)55(8)38(61)26-39-57(31-73-39,77-33(2)60)46(55)48(76-49(66)36-22-16-11-17-23-36)56(45,70)28-37(32)74-50(67)44(42(35-20-14-10-15-21-35)59-52(69)78-53(3,4)5)75-41(63)30-71-40(62)24-25-58-51(68)72-29-34-18-12-9-13-19-34/h9-23,27,37-39,42-46,48,61,64,70H,24-26,28-31H2,1-8H3,(H,58,68)(H,59,69)/t37-,38-,39?,42-,43+,44+,45?,46-,48-,55+,56-,57-/m0/s1. The third kappa shape index (κ3) is 12.5. The number of carbonyl (C=O) groups excluding carboxylic acids is 8. The Morgan fingerprint density at radius 1 is 0.821 bits per heavy atom. The zero-order valence-electron chi connectivity index (χ0n) is 44.8. The largest absolute Gasteiger partial charge is 0.455 e. The van der Waals surface area contributed by atoms with E-state index in [0.717, 1.165) is 12.5 Å². The molecule has 7 rings (SSSR count). The number of fused-ring (bicyclic) bond motifs is 4. The van der Waals surface area contributed by atoms with Gasteiger partial charge >= 0.3 is 42.0 Å². The second-order valence-corrected chi connectivity index (χ2v) is 22.0. The van der Waals surface area contributed by atoms with E-state index in [4.69, 9.17) is 37.9 Å². The lowest BCUT2D eigenvalue weighted by Crippen LogP contribution is -2.78. The van der Waals surface area contributed by atoms with Crippen LogP contribution in [-0.4, -0.2) is 136 Å². The van der Waals surface area contributed by atoms with Crippen LogP contribution in [0, 0.1) is 22.7 Å². The van der Waals surface area contributed by atoms with E-state index in [-0.39, 0.29) is 42.9 Å². The van der Waals surface area contributed by atoms with Crippen LogP contribution in [0.3, 0.4) is 0 Å². The van der Waals surface area contributed by atoms with Crippen molar-refractivity contribution in [3.63, 3.8) is 0 Å². The lowest BCUT2D eigenvalue weighted by Gasteiger charge is -2.63. The van der Waals surface area contributed by atoms with Gasteiger partial charge in [-0.1, -0.05) is 98.8 Å². The number of carbonyl (C=O) groups is 8. The third-order valence-electron chi connectivity index (χ3n) is 14.9. The third-order valence-corrected chi connectivity index (χ3v) is 14.9. The number of nitrogens with one attached hydrogen (secondary N) is 2. The van der Waals surface area contributed by atoms with Crippen LogP contribution in [0.5, 0.6) is 0 Å². The molecule has 2 amide bonds. The first kappa shape index (κ1) is 58.5. The van der Waals surface area contributed by atoms with E-state index in [9.17, 15) is 44.1 Å². The fourth-order valence-corrected chi connectivity index (χ4v) is 11.5. The molecule has 0 aromatic heterocycles. The maximum Gasteiger partial charge on any atom is 0.408 e. The van der Waals surface area contributed by atoms with Gasteiger partial charge in [0.05, 0.1) is 36.0 Å². The number of aliphatic hydroxyl groups is 3. The van der Waals surface area contributed by atoms with Gasteiger partial charge in [0.25, 0.3) is 0 Å². The number of alkyl carbamates (subject to hydrolysis) is 2. The van der Waals surface area contributed by atoms with E-state index >= 15 is 9.59 Å². The van der Waals surface area contributed by atoms with Gasteiger partial charge in [-0.2, -0.15) is 0 Å². The molecular weight excluding hydrogens is 1020 g/mol. The maximum absolute atomic E-state index is 15.2. The van der Waals surface area contributed by atoms with Gasteiger partial charge in [-0.15, -0.1) is 0 Å². The lowest BCUT2D eigenvalue weighted by molar-refractivity contribution is -0.338. The number of benzene rings is 3. The molecule has 12 atom stereocenters. The molecule has 4 aliphatic rings. The number of allylic oxidation sites excluding steroid dienone is 1. The van der Waals surface area contributed by atoms with E-state index < -0.39 is 149 Å². The minimum atomic E-state index is -2.64. The van der Waals surface area contributed by atoms with Gasteiger partial charge in [0.1, 0.15) is 48.3 Å². The van der Waals surface area contributed by atoms with Crippen molar-refractivity contribution in [2.75, 3.05) is 19.8 Å². The maximum atomic E-state index is 15.2. The molecule has 5 N–H and O–H groups in total. The molecule has 0 bridgehead atoms. The van der Waals surface area contributed by atoms with Crippen LogP contribution in [-0.2, 0) is 68.5 Å². The topological polar surface area (TPSA) is 295 Å². The molecule has 420 valence electrons. The van der Waals surface area contributed by atoms with E-state index in [1.54, 1.807) is 114 Å². The minimum absolute atomic E-state index is 0.00983. The average Bonchev–Trinajstić information content (AvgIpc) is 3.43. The summed E-state index contributed by atoms with van der Waals surface area (Å²) in [5.41, 5.74) is -7.89. The van der Waals surface area contributed by atoms with Crippen LogP contribution in [0.2, 0.25) is 0 Å². The number of amides is 2. The van der Waals surface area contributed by atoms with E-state index in [1.807, 2.05) is 0 Å². The Labute approximate surface area is 451 Å². The fraction of sp³-hybridized carbons (Fsp3) is 0.509. The van der Waals surface area contributed by atoms with Crippen molar-refractivity contribution in [2.45, 2.75) is 141 Å².